The second-order valence-corrected chi connectivity index (χ2v) is 3.31. The van der Waals surface area contributed by atoms with Crippen molar-refractivity contribution in [3.8, 4) is 0 Å². The summed E-state index contributed by atoms with van der Waals surface area (Å²) in [5.74, 6) is 0.730. The summed E-state index contributed by atoms with van der Waals surface area (Å²) < 4.78 is 17.8. The lowest BCUT2D eigenvalue weighted by molar-refractivity contribution is 0.174. The Morgan fingerprint density at radius 3 is 2.73 bits per heavy atom. The SMILES string of the molecule is CC(F)CC1COCC1CN. The van der Waals surface area contributed by atoms with E-state index in [-0.39, 0.29) is 0 Å². The maximum absolute atomic E-state index is 12.6. The first kappa shape index (κ1) is 8.94. The molecular weight excluding hydrogens is 145 g/mol. The molecule has 0 bridgehead atoms. The van der Waals surface area contributed by atoms with Gasteiger partial charge in [-0.15, -0.1) is 0 Å². The fraction of sp³-hybridized carbons (Fsp3) is 1.00. The maximum Gasteiger partial charge on any atom is 0.0977 e. The molecule has 11 heavy (non-hydrogen) atoms. The van der Waals surface area contributed by atoms with Crippen LogP contribution in [0, 0.1) is 11.8 Å². The normalized spacial score (nSPS) is 34.1. The monoisotopic (exact) mass is 161 g/mol. The third-order valence-corrected chi connectivity index (χ3v) is 2.26. The average Bonchev–Trinajstić information content (AvgIpc) is 2.34. The summed E-state index contributed by atoms with van der Waals surface area (Å²) in [6, 6.07) is 0. The predicted molar refractivity (Wildman–Crippen MR) is 42.0 cm³/mol. The molecule has 0 saturated carbocycles. The summed E-state index contributed by atoms with van der Waals surface area (Å²) in [5.41, 5.74) is 5.50. The van der Waals surface area contributed by atoms with Crippen LogP contribution in [0.2, 0.25) is 0 Å². The second kappa shape index (κ2) is 4.02. The third-order valence-electron chi connectivity index (χ3n) is 2.26. The first-order chi connectivity index (χ1) is 5.24. The molecule has 2 nitrogen and oxygen atoms in total. The van der Waals surface area contributed by atoms with Crippen LogP contribution in [-0.2, 0) is 4.74 Å². The minimum atomic E-state index is -0.726. The zero-order chi connectivity index (χ0) is 8.27. The molecule has 0 amide bonds. The molecule has 2 N–H and O–H groups in total. The van der Waals surface area contributed by atoms with Crippen molar-refractivity contribution in [1.29, 1.82) is 0 Å². The number of hydrogen-bond acceptors (Lipinski definition) is 2. The van der Waals surface area contributed by atoms with E-state index < -0.39 is 6.17 Å². The number of ether oxygens (including phenoxy) is 1. The molecule has 0 aromatic heterocycles. The van der Waals surface area contributed by atoms with Gasteiger partial charge in [-0.1, -0.05) is 0 Å². The average molecular weight is 161 g/mol. The highest BCUT2D eigenvalue weighted by molar-refractivity contribution is 4.77. The van der Waals surface area contributed by atoms with Crippen LogP contribution in [0.4, 0.5) is 4.39 Å². The van der Waals surface area contributed by atoms with Crippen molar-refractivity contribution in [2.24, 2.45) is 17.6 Å². The minimum absolute atomic E-state index is 0.347. The van der Waals surface area contributed by atoms with Gasteiger partial charge in [-0.2, -0.15) is 0 Å². The topological polar surface area (TPSA) is 35.2 Å². The molecule has 66 valence electrons. The fourth-order valence-corrected chi connectivity index (χ4v) is 1.58. The molecule has 3 unspecified atom stereocenters. The lowest BCUT2D eigenvalue weighted by atomic mass is 9.91. The van der Waals surface area contributed by atoms with E-state index >= 15 is 0 Å². The van der Waals surface area contributed by atoms with Crippen LogP contribution in [0.3, 0.4) is 0 Å². The molecule has 0 aliphatic carbocycles. The Hall–Kier alpha value is -0.150. The third kappa shape index (κ3) is 2.42. The molecule has 1 heterocycles. The van der Waals surface area contributed by atoms with Gasteiger partial charge in [0.15, 0.2) is 0 Å². The molecule has 1 aliphatic rings. The Morgan fingerprint density at radius 1 is 1.55 bits per heavy atom. The molecule has 1 aliphatic heterocycles. The lowest BCUT2D eigenvalue weighted by Crippen LogP contribution is -2.23. The van der Waals surface area contributed by atoms with Gasteiger partial charge in [0.1, 0.15) is 0 Å². The van der Waals surface area contributed by atoms with Crippen molar-refractivity contribution >= 4 is 0 Å². The lowest BCUT2D eigenvalue weighted by Gasteiger charge is -2.15. The summed E-state index contributed by atoms with van der Waals surface area (Å²) in [7, 11) is 0. The van der Waals surface area contributed by atoms with Crippen molar-refractivity contribution in [1.82, 2.24) is 0 Å². The van der Waals surface area contributed by atoms with E-state index in [1.807, 2.05) is 0 Å². The number of nitrogens with two attached hydrogens (primary N) is 1. The van der Waals surface area contributed by atoms with E-state index in [4.69, 9.17) is 10.5 Å². The maximum atomic E-state index is 12.6. The van der Waals surface area contributed by atoms with E-state index in [1.54, 1.807) is 6.92 Å². The summed E-state index contributed by atoms with van der Waals surface area (Å²) in [4.78, 5) is 0. The highest BCUT2D eigenvalue weighted by Crippen LogP contribution is 2.24. The molecule has 1 fully saturated rings. The van der Waals surface area contributed by atoms with Crippen LogP contribution >= 0.6 is 0 Å². The van der Waals surface area contributed by atoms with E-state index in [1.165, 1.54) is 0 Å². The zero-order valence-electron chi connectivity index (χ0n) is 6.92. The van der Waals surface area contributed by atoms with Gasteiger partial charge < -0.3 is 10.5 Å². The Kier molecular flexibility index (Phi) is 3.27. The Balaban J connectivity index is 2.31. The minimum Gasteiger partial charge on any atom is -0.381 e. The molecule has 0 spiro atoms. The van der Waals surface area contributed by atoms with Crippen LogP contribution in [0.5, 0.6) is 0 Å². The van der Waals surface area contributed by atoms with Gasteiger partial charge in [0.25, 0.3) is 0 Å². The zero-order valence-corrected chi connectivity index (χ0v) is 6.92. The first-order valence-corrected chi connectivity index (χ1v) is 4.16. The number of hydrogen-bond donors (Lipinski definition) is 1. The Labute approximate surface area is 66.9 Å². The molecular formula is C8H16FNO. The van der Waals surface area contributed by atoms with E-state index in [0.717, 1.165) is 0 Å². The predicted octanol–water partition coefficient (Wildman–Crippen LogP) is 0.956. The van der Waals surface area contributed by atoms with Crippen LogP contribution in [0.25, 0.3) is 0 Å². The van der Waals surface area contributed by atoms with Crippen molar-refractivity contribution in [3.63, 3.8) is 0 Å². The highest BCUT2D eigenvalue weighted by Gasteiger charge is 2.27. The van der Waals surface area contributed by atoms with E-state index in [2.05, 4.69) is 0 Å². The van der Waals surface area contributed by atoms with Crippen LogP contribution in [0.15, 0.2) is 0 Å². The van der Waals surface area contributed by atoms with Gasteiger partial charge in [0.05, 0.1) is 12.8 Å². The van der Waals surface area contributed by atoms with Gasteiger partial charge in [-0.05, 0) is 31.7 Å². The van der Waals surface area contributed by atoms with Gasteiger partial charge in [0.2, 0.25) is 0 Å². The molecule has 3 heteroatoms. The highest BCUT2D eigenvalue weighted by atomic mass is 19.1. The fourth-order valence-electron chi connectivity index (χ4n) is 1.58. The van der Waals surface area contributed by atoms with Gasteiger partial charge >= 0.3 is 0 Å². The van der Waals surface area contributed by atoms with Crippen molar-refractivity contribution in [2.75, 3.05) is 19.8 Å². The van der Waals surface area contributed by atoms with Gasteiger partial charge in [-0.3, -0.25) is 0 Å². The molecule has 3 atom stereocenters. The van der Waals surface area contributed by atoms with Crippen LogP contribution < -0.4 is 5.73 Å². The summed E-state index contributed by atoms with van der Waals surface area (Å²) in [5, 5.41) is 0. The standard InChI is InChI=1S/C8H16FNO/c1-6(9)2-7-4-11-5-8(7)3-10/h6-8H,2-5,10H2,1H3. The largest absolute Gasteiger partial charge is 0.381 e. The van der Waals surface area contributed by atoms with Crippen molar-refractivity contribution in [2.45, 2.75) is 19.5 Å². The molecule has 0 radical (unpaired) electrons. The molecule has 0 aromatic rings. The van der Waals surface area contributed by atoms with Gasteiger partial charge in [0, 0.05) is 6.61 Å². The number of rotatable bonds is 3. The van der Waals surface area contributed by atoms with Crippen molar-refractivity contribution < 1.29 is 9.13 Å². The first-order valence-electron chi connectivity index (χ1n) is 4.16. The summed E-state index contributed by atoms with van der Waals surface area (Å²) in [6.07, 6.45) is -0.127. The number of alkyl halides is 1. The van der Waals surface area contributed by atoms with Gasteiger partial charge in [-0.25, -0.2) is 4.39 Å². The summed E-state index contributed by atoms with van der Waals surface area (Å²) in [6.45, 7) is 3.62. The second-order valence-electron chi connectivity index (χ2n) is 3.31. The van der Waals surface area contributed by atoms with E-state index in [9.17, 15) is 4.39 Å². The van der Waals surface area contributed by atoms with Crippen LogP contribution in [0.1, 0.15) is 13.3 Å². The summed E-state index contributed by atoms with van der Waals surface area (Å²) >= 11 is 0. The van der Waals surface area contributed by atoms with Crippen LogP contribution in [-0.4, -0.2) is 25.9 Å². The quantitative estimate of drug-likeness (QED) is 0.669. The smallest absolute Gasteiger partial charge is 0.0977 e. The van der Waals surface area contributed by atoms with E-state index in [0.29, 0.717) is 38.0 Å². The molecule has 1 rings (SSSR count). The number of halogens is 1. The molecule has 0 aromatic carbocycles. The Morgan fingerprint density at radius 2 is 2.18 bits per heavy atom. The molecule has 1 saturated heterocycles. The Bertz CT molecular complexity index is 119. The van der Waals surface area contributed by atoms with Crippen molar-refractivity contribution in [3.05, 3.63) is 0 Å².